The van der Waals surface area contributed by atoms with Crippen LogP contribution in [-0.2, 0) is 11.3 Å². The van der Waals surface area contributed by atoms with Gasteiger partial charge in [0.2, 0.25) is 0 Å². The van der Waals surface area contributed by atoms with Crippen molar-refractivity contribution < 1.29 is 4.79 Å². The van der Waals surface area contributed by atoms with Crippen molar-refractivity contribution in [1.82, 2.24) is 15.2 Å². The van der Waals surface area contributed by atoms with Gasteiger partial charge >= 0.3 is 0 Å². The van der Waals surface area contributed by atoms with Crippen LogP contribution in [0.3, 0.4) is 0 Å². The molecule has 0 saturated carbocycles. The van der Waals surface area contributed by atoms with Crippen LogP contribution >= 0.6 is 0 Å². The molecule has 1 N–H and O–H groups in total. The van der Waals surface area contributed by atoms with Gasteiger partial charge in [-0.2, -0.15) is 10.1 Å². The molecule has 0 unspecified atom stereocenters. The van der Waals surface area contributed by atoms with E-state index in [0.29, 0.717) is 12.4 Å². The smallest absolute Gasteiger partial charge is 0.274 e. The Hall–Kier alpha value is -3.18. The van der Waals surface area contributed by atoms with Gasteiger partial charge in [-0.05, 0) is 25.1 Å². The summed E-state index contributed by atoms with van der Waals surface area (Å²) < 4.78 is 0. The Kier molecular flexibility index (Phi) is 8.37. The Balaban J connectivity index is 0.00000145. The topological polar surface area (TPSA) is 47.9 Å². The normalized spacial score (nSPS) is 14.2. The maximum Gasteiger partial charge on any atom is 0.274 e. The predicted octanol–water partition coefficient (Wildman–Crippen LogP) is 4.36. The van der Waals surface area contributed by atoms with Gasteiger partial charge in [-0.15, -0.1) is 0 Å². The number of carbonyl (C=O) groups excluding carboxylic acids is 1. The summed E-state index contributed by atoms with van der Waals surface area (Å²) >= 11 is 0. The number of likely N-dealkylation sites (N-methyl/N-ethyl adjacent to an activating group) is 1. The molecule has 2 aromatic rings. The van der Waals surface area contributed by atoms with Crippen LogP contribution in [0, 0.1) is 0 Å². The molecule has 0 fully saturated rings. The Morgan fingerprint density at radius 1 is 1.03 bits per heavy atom. The second kappa shape index (κ2) is 11.0. The molecule has 29 heavy (non-hydrogen) atoms. The molecule has 5 nitrogen and oxygen atoms in total. The number of rotatable bonds is 6. The van der Waals surface area contributed by atoms with Crippen molar-refractivity contribution in [3.05, 3.63) is 96.0 Å². The summed E-state index contributed by atoms with van der Waals surface area (Å²) in [6, 6.07) is 20.0. The molecule has 1 aliphatic heterocycles. The van der Waals surface area contributed by atoms with E-state index in [0.717, 1.165) is 23.5 Å². The minimum absolute atomic E-state index is 0.197. The zero-order valence-corrected chi connectivity index (χ0v) is 17.7. The van der Waals surface area contributed by atoms with Crippen LogP contribution in [0.4, 0.5) is 0 Å². The average Bonchev–Trinajstić information content (AvgIpc) is 2.73. The third-order valence-electron chi connectivity index (χ3n) is 4.24. The third kappa shape index (κ3) is 6.43. The Morgan fingerprint density at radius 3 is 2.21 bits per heavy atom. The van der Waals surface area contributed by atoms with Crippen molar-refractivity contribution in [2.24, 2.45) is 5.10 Å². The van der Waals surface area contributed by atoms with Gasteiger partial charge in [0.15, 0.2) is 0 Å². The number of benzene rings is 2. The van der Waals surface area contributed by atoms with Crippen molar-refractivity contribution in [1.29, 1.82) is 0 Å². The zero-order chi connectivity index (χ0) is 21.2. The van der Waals surface area contributed by atoms with Gasteiger partial charge in [0.05, 0.1) is 5.71 Å². The van der Waals surface area contributed by atoms with E-state index < -0.39 is 0 Å². The highest BCUT2D eigenvalue weighted by molar-refractivity contribution is 6.00. The first kappa shape index (κ1) is 22.1. The van der Waals surface area contributed by atoms with E-state index in [1.807, 2.05) is 76.3 Å². The maximum absolute atomic E-state index is 12.5. The van der Waals surface area contributed by atoms with Crippen molar-refractivity contribution >= 4 is 11.6 Å². The van der Waals surface area contributed by atoms with Crippen molar-refractivity contribution in [2.75, 3.05) is 13.6 Å². The molecule has 0 bridgehead atoms. The predicted molar refractivity (Wildman–Crippen MR) is 120 cm³/mol. The van der Waals surface area contributed by atoms with Crippen LogP contribution < -0.4 is 5.32 Å². The summed E-state index contributed by atoms with van der Waals surface area (Å²) in [4.78, 5) is 14.7. The molecule has 0 radical (unpaired) electrons. The third-order valence-corrected chi connectivity index (χ3v) is 4.24. The number of hydrazone groups is 1. The van der Waals surface area contributed by atoms with Gasteiger partial charge < -0.3 is 5.32 Å². The lowest BCUT2D eigenvalue weighted by Gasteiger charge is -2.28. The maximum atomic E-state index is 12.5. The number of nitrogens with zero attached hydrogens (tertiary/aromatic N) is 3. The van der Waals surface area contributed by atoms with Gasteiger partial charge in [0.1, 0.15) is 5.82 Å². The first-order valence-corrected chi connectivity index (χ1v) is 9.86. The zero-order valence-electron chi connectivity index (χ0n) is 17.7. The number of amides is 1. The summed E-state index contributed by atoms with van der Waals surface area (Å²) in [7, 11) is 2.02. The molecule has 1 amide bonds. The Bertz CT molecular complexity index is 872. The van der Waals surface area contributed by atoms with Gasteiger partial charge in [-0.3, -0.25) is 9.69 Å². The molecule has 3 rings (SSSR count). The van der Waals surface area contributed by atoms with Crippen LogP contribution in [0.1, 0.15) is 31.9 Å². The molecule has 1 heterocycles. The highest BCUT2D eigenvalue weighted by Gasteiger charge is 2.22. The second-order valence-electron chi connectivity index (χ2n) is 6.60. The fourth-order valence-electron chi connectivity index (χ4n) is 2.94. The average molecular weight is 391 g/mol. The first-order valence-electron chi connectivity index (χ1n) is 9.86. The van der Waals surface area contributed by atoms with Crippen LogP contribution in [0.2, 0.25) is 0 Å². The van der Waals surface area contributed by atoms with Crippen LogP contribution in [0.15, 0.2) is 89.9 Å². The lowest BCUT2D eigenvalue weighted by atomic mass is 10.1. The highest BCUT2D eigenvalue weighted by Crippen LogP contribution is 2.14. The minimum atomic E-state index is -0.197. The van der Waals surface area contributed by atoms with E-state index in [4.69, 9.17) is 0 Å². The van der Waals surface area contributed by atoms with Crippen molar-refractivity contribution in [2.45, 2.75) is 27.3 Å². The number of nitrogens with one attached hydrogen (secondary N) is 1. The fraction of sp³-hybridized carbons (Fsp3) is 0.250. The van der Waals surface area contributed by atoms with E-state index in [2.05, 4.69) is 34.0 Å². The lowest BCUT2D eigenvalue weighted by molar-refractivity contribution is -0.125. The molecule has 5 heteroatoms. The largest absolute Gasteiger partial charge is 0.343 e. The van der Waals surface area contributed by atoms with Gasteiger partial charge in [-0.25, -0.2) is 0 Å². The number of hydrogen-bond acceptors (Lipinski definition) is 4. The summed E-state index contributed by atoms with van der Waals surface area (Å²) in [5.74, 6) is 0.262. The monoisotopic (exact) mass is 390 g/mol. The van der Waals surface area contributed by atoms with Gasteiger partial charge in [0.25, 0.3) is 5.91 Å². The Labute approximate surface area is 174 Å². The minimum Gasteiger partial charge on any atom is -0.343 e. The summed E-state index contributed by atoms with van der Waals surface area (Å²) in [5.41, 5.74) is 3.76. The molecular formula is C24H30N4O. The van der Waals surface area contributed by atoms with Crippen LogP contribution in [-0.4, -0.2) is 35.1 Å². The highest BCUT2D eigenvalue weighted by atomic mass is 16.2. The van der Waals surface area contributed by atoms with Crippen LogP contribution in [0.25, 0.3) is 0 Å². The molecule has 0 saturated heterocycles. The van der Waals surface area contributed by atoms with Crippen molar-refractivity contribution in [3.63, 3.8) is 0 Å². The summed E-state index contributed by atoms with van der Waals surface area (Å²) in [6.07, 6.45) is 1.58. The fourth-order valence-corrected chi connectivity index (χ4v) is 2.94. The lowest BCUT2D eigenvalue weighted by Crippen LogP contribution is -2.39. The van der Waals surface area contributed by atoms with Crippen LogP contribution in [0.5, 0.6) is 0 Å². The molecule has 0 aliphatic carbocycles. The van der Waals surface area contributed by atoms with Gasteiger partial charge in [0, 0.05) is 24.9 Å². The second-order valence-corrected chi connectivity index (χ2v) is 6.60. The Morgan fingerprint density at radius 2 is 1.62 bits per heavy atom. The van der Waals surface area contributed by atoms with E-state index in [1.54, 1.807) is 6.08 Å². The van der Waals surface area contributed by atoms with E-state index in [1.165, 1.54) is 10.6 Å². The number of carbonyl (C=O) groups is 1. The SMILES string of the molecule is C=C1NC(CN(C)Cc2ccccc2)=CC(=O)N1/N=C(\C)c1ccccc1.CC. The summed E-state index contributed by atoms with van der Waals surface area (Å²) in [6.45, 7) is 11.3. The molecule has 1 aliphatic rings. The molecule has 0 atom stereocenters. The van der Waals surface area contributed by atoms with E-state index in [-0.39, 0.29) is 5.91 Å². The molecule has 0 spiro atoms. The van der Waals surface area contributed by atoms with E-state index in [9.17, 15) is 4.79 Å². The van der Waals surface area contributed by atoms with E-state index >= 15 is 0 Å². The number of hydrogen-bond donors (Lipinski definition) is 1. The molecule has 2 aromatic carbocycles. The molecule has 0 aromatic heterocycles. The standard InChI is InChI=1S/C22H24N4O.C2H6/c1-17(20-12-8-5-9-13-20)24-26-18(2)23-21(14-22(26)27)16-25(3)15-19-10-6-4-7-11-19;1-2/h4-14,23H,2,15-16H2,1,3H3;1-2H3/b24-17+;. The summed E-state index contributed by atoms with van der Waals surface area (Å²) in [5, 5.41) is 8.93. The quantitative estimate of drug-likeness (QED) is 0.746. The first-order chi connectivity index (χ1) is 14.0. The van der Waals surface area contributed by atoms with Gasteiger partial charge in [-0.1, -0.05) is 81.1 Å². The molecular weight excluding hydrogens is 360 g/mol. The molecule has 152 valence electrons. The van der Waals surface area contributed by atoms with Crippen molar-refractivity contribution in [3.8, 4) is 0 Å².